The Morgan fingerprint density at radius 1 is 1.63 bits per heavy atom. The van der Waals surface area contributed by atoms with Crippen LogP contribution >= 0.6 is 12.2 Å². The average Bonchev–Trinajstić information content (AvgIpc) is 2.75. The van der Waals surface area contributed by atoms with Crippen molar-refractivity contribution in [3.05, 3.63) is 11.3 Å². The summed E-state index contributed by atoms with van der Waals surface area (Å²) in [5.74, 6) is 1.43. The van der Waals surface area contributed by atoms with Gasteiger partial charge in [-0.05, 0) is 19.3 Å². The number of sulfone groups is 1. The lowest BCUT2D eigenvalue weighted by Crippen LogP contribution is -2.20. The predicted molar refractivity (Wildman–Crippen MR) is 79.1 cm³/mol. The van der Waals surface area contributed by atoms with Crippen LogP contribution in [0.25, 0.3) is 0 Å². The molecule has 1 aromatic rings. The van der Waals surface area contributed by atoms with Gasteiger partial charge in [0.15, 0.2) is 9.84 Å². The Labute approximate surface area is 118 Å². The molecule has 1 atom stereocenters. The molecule has 2 rings (SSSR count). The van der Waals surface area contributed by atoms with Crippen molar-refractivity contribution in [3.8, 4) is 0 Å². The minimum absolute atomic E-state index is 0.138. The van der Waals surface area contributed by atoms with Gasteiger partial charge in [0.1, 0.15) is 10.8 Å². The summed E-state index contributed by atoms with van der Waals surface area (Å²) in [5.41, 5.74) is 7.21. The van der Waals surface area contributed by atoms with Gasteiger partial charge in [0.05, 0.1) is 22.8 Å². The number of thiocarbonyl (C=S) groups is 1. The number of aromatic nitrogens is 2. The Morgan fingerprint density at radius 2 is 2.32 bits per heavy atom. The molecule has 0 aliphatic carbocycles. The summed E-state index contributed by atoms with van der Waals surface area (Å²) in [6, 6.07) is 0. The van der Waals surface area contributed by atoms with Gasteiger partial charge in [-0.25, -0.2) is 8.42 Å². The van der Waals surface area contributed by atoms with Crippen LogP contribution in [-0.2, 0) is 16.9 Å². The van der Waals surface area contributed by atoms with Gasteiger partial charge in [-0.1, -0.05) is 12.2 Å². The fourth-order valence-corrected chi connectivity index (χ4v) is 4.54. The molecule has 0 saturated carbocycles. The van der Waals surface area contributed by atoms with Gasteiger partial charge in [-0.2, -0.15) is 5.10 Å². The third kappa shape index (κ3) is 3.06. The zero-order valence-corrected chi connectivity index (χ0v) is 12.6. The molecule has 1 unspecified atom stereocenters. The third-order valence-corrected chi connectivity index (χ3v) is 5.39. The van der Waals surface area contributed by atoms with Crippen molar-refractivity contribution in [2.45, 2.75) is 13.3 Å². The molecule has 0 bridgehead atoms. The fourth-order valence-electron chi connectivity index (χ4n) is 2.43. The number of rotatable bonds is 4. The normalized spacial score (nSPS) is 21.5. The molecular formula is C11H18N4O2S2. The second-order valence-corrected chi connectivity index (χ2v) is 7.62. The first-order valence-corrected chi connectivity index (χ1v) is 8.31. The molecule has 3 N–H and O–H groups in total. The number of anilines is 1. The first kappa shape index (κ1) is 14.3. The molecule has 1 fully saturated rings. The highest BCUT2D eigenvalue weighted by atomic mass is 32.2. The smallest absolute Gasteiger partial charge is 0.150 e. The molecule has 0 aromatic carbocycles. The molecule has 106 valence electrons. The second-order valence-electron chi connectivity index (χ2n) is 4.95. The van der Waals surface area contributed by atoms with E-state index in [1.165, 1.54) is 0 Å². The van der Waals surface area contributed by atoms with E-state index in [9.17, 15) is 8.42 Å². The molecular weight excluding hydrogens is 284 g/mol. The van der Waals surface area contributed by atoms with Crippen molar-refractivity contribution >= 4 is 32.9 Å². The van der Waals surface area contributed by atoms with Crippen molar-refractivity contribution < 1.29 is 8.42 Å². The summed E-state index contributed by atoms with van der Waals surface area (Å²) in [6.07, 6.45) is 0.703. The van der Waals surface area contributed by atoms with E-state index in [4.69, 9.17) is 18.0 Å². The Morgan fingerprint density at radius 3 is 2.84 bits per heavy atom. The molecule has 8 heteroatoms. The first-order valence-electron chi connectivity index (χ1n) is 6.08. The molecule has 0 radical (unpaired) electrons. The number of hydrogen-bond donors (Lipinski definition) is 2. The van der Waals surface area contributed by atoms with E-state index < -0.39 is 9.84 Å². The Bertz CT molecular complexity index is 606. The van der Waals surface area contributed by atoms with Gasteiger partial charge < -0.3 is 11.1 Å². The molecule has 1 saturated heterocycles. The third-order valence-electron chi connectivity index (χ3n) is 3.35. The lowest BCUT2D eigenvalue weighted by Gasteiger charge is -2.12. The number of nitrogens with one attached hydrogen (secondary N) is 1. The number of nitrogens with two attached hydrogens (primary N) is 1. The Balaban J connectivity index is 2.10. The van der Waals surface area contributed by atoms with Crippen LogP contribution in [0.4, 0.5) is 5.82 Å². The second kappa shape index (κ2) is 5.09. The first-order chi connectivity index (χ1) is 8.80. The van der Waals surface area contributed by atoms with Gasteiger partial charge in [0.2, 0.25) is 0 Å². The molecule has 2 heterocycles. The van der Waals surface area contributed by atoms with E-state index in [-0.39, 0.29) is 17.4 Å². The minimum Gasteiger partial charge on any atom is -0.389 e. The van der Waals surface area contributed by atoms with Crippen LogP contribution in [0, 0.1) is 12.8 Å². The van der Waals surface area contributed by atoms with Crippen LogP contribution in [0.3, 0.4) is 0 Å². The van der Waals surface area contributed by atoms with Gasteiger partial charge in [0, 0.05) is 13.6 Å². The predicted octanol–water partition coefficient (Wildman–Crippen LogP) is 0.209. The zero-order valence-electron chi connectivity index (χ0n) is 11.0. The highest BCUT2D eigenvalue weighted by molar-refractivity contribution is 7.91. The topological polar surface area (TPSA) is 90.0 Å². The van der Waals surface area contributed by atoms with Crippen LogP contribution in [0.1, 0.15) is 17.7 Å². The SMILES string of the molecule is Cc1nn(C)c(NCC2CCS(=O)(=O)C2)c1C(N)=S. The van der Waals surface area contributed by atoms with Crippen LogP contribution in [0.5, 0.6) is 0 Å². The summed E-state index contributed by atoms with van der Waals surface area (Å²) in [4.78, 5) is 0.298. The van der Waals surface area contributed by atoms with Gasteiger partial charge >= 0.3 is 0 Å². The summed E-state index contributed by atoms with van der Waals surface area (Å²) in [5, 5.41) is 7.51. The van der Waals surface area contributed by atoms with Crippen molar-refractivity contribution in [1.29, 1.82) is 0 Å². The van der Waals surface area contributed by atoms with Crippen LogP contribution in [-0.4, -0.2) is 41.2 Å². The summed E-state index contributed by atoms with van der Waals surface area (Å²) < 4.78 is 24.5. The average molecular weight is 302 g/mol. The highest BCUT2D eigenvalue weighted by Gasteiger charge is 2.28. The number of nitrogens with zero attached hydrogens (tertiary/aromatic N) is 2. The maximum absolute atomic E-state index is 11.4. The van der Waals surface area contributed by atoms with Crippen molar-refractivity contribution in [3.63, 3.8) is 0 Å². The Kier molecular flexibility index (Phi) is 3.82. The van der Waals surface area contributed by atoms with E-state index in [1.807, 2.05) is 14.0 Å². The lowest BCUT2D eigenvalue weighted by molar-refractivity contribution is 0.595. The maximum Gasteiger partial charge on any atom is 0.150 e. The molecule has 19 heavy (non-hydrogen) atoms. The molecule has 6 nitrogen and oxygen atoms in total. The van der Waals surface area contributed by atoms with Gasteiger partial charge in [-0.3, -0.25) is 4.68 Å². The van der Waals surface area contributed by atoms with E-state index in [2.05, 4.69) is 10.4 Å². The fraction of sp³-hybridized carbons (Fsp3) is 0.636. The number of aryl methyl sites for hydroxylation is 2. The van der Waals surface area contributed by atoms with E-state index in [1.54, 1.807) is 4.68 Å². The van der Waals surface area contributed by atoms with Crippen LogP contribution in [0.2, 0.25) is 0 Å². The quantitative estimate of drug-likeness (QED) is 0.773. The van der Waals surface area contributed by atoms with Crippen molar-refractivity contribution in [1.82, 2.24) is 9.78 Å². The van der Waals surface area contributed by atoms with Crippen molar-refractivity contribution in [2.24, 2.45) is 18.7 Å². The van der Waals surface area contributed by atoms with Crippen LogP contribution < -0.4 is 11.1 Å². The monoisotopic (exact) mass is 302 g/mol. The standard InChI is InChI=1S/C11H18N4O2S2/c1-7-9(10(12)18)11(15(2)14-7)13-5-8-3-4-19(16,17)6-8/h8,13H,3-6H2,1-2H3,(H2,12,18). The molecule has 1 aliphatic heterocycles. The molecule has 0 spiro atoms. The van der Waals surface area contributed by atoms with Gasteiger partial charge in [0.25, 0.3) is 0 Å². The zero-order chi connectivity index (χ0) is 14.2. The molecule has 1 aliphatic rings. The molecule has 1 aromatic heterocycles. The summed E-state index contributed by atoms with van der Waals surface area (Å²) >= 11 is 5.02. The minimum atomic E-state index is -2.84. The van der Waals surface area contributed by atoms with Gasteiger partial charge in [-0.15, -0.1) is 0 Å². The lowest BCUT2D eigenvalue weighted by atomic mass is 10.1. The van der Waals surface area contributed by atoms with E-state index >= 15 is 0 Å². The molecule has 0 amide bonds. The van der Waals surface area contributed by atoms with Crippen LogP contribution in [0.15, 0.2) is 0 Å². The summed E-state index contributed by atoms with van der Waals surface area (Å²) in [7, 11) is -1.04. The largest absolute Gasteiger partial charge is 0.389 e. The van der Waals surface area contributed by atoms with E-state index in [0.29, 0.717) is 18.0 Å². The maximum atomic E-state index is 11.4. The highest BCUT2D eigenvalue weighted by Crippen LogP contribution is 2.22. The van der Waals surface area contributed by atoms with E-state index in [0.717, 1.165) is 17.1 Å². The summed E-state index contributed by atoms with van der Waals surface area (Å²) in [6.45, 7) is 2.44. The number of hydrogen-bond acceptors (Lipinski definition) is 5. The van der Waals surface area contributed by atoms with Crippen molar-refractivity contribution in [2.75, 3.05) is 23.4 Å². The Hall–Kier alpha value is -1.15.